The van der Waals surface area contributed by atoms with Crippen LogP contribution in [0.4, 0.5) is 4.39 Å². The summed E-state index contributed by atoms with van der Waals surface area (Å²) in [6.07, 6.45) is 6.28. The summed E-state index contributed by atoms with van der Waals surface area (Å²) in [5.74, 6) is -0.0954. The van der Waals surface area contributed by atoms with Gasteiger partial charge in [0.1, 0.15) is 11.9 Å². The Kier molecular flexibility index (Phi) is 4.29. The maximum Gasteiger partial charge on any atom is 0.141 e. The Morgan fingerprint density at radius 3 is 2.91 bits per heavy atom. The van der Waals surface area contributed by atoms with Gasteiger partial charge in [-0.1, -0.05) is 39.2 Å². The summed E-state index contributed by atoms with van der Waals surface area (Å²) in [5.41, 5.74) is 0.744. The molecule has 1 nitrogen and oxygen atoms in total. The molecule has 2 saturated carbocycles. The molecule has 0 aliphatic heterocycles. The molecular weight excluding hydrogens is 285 g/mol. The molecule has 0 radical (unpaired) electrons. The van der Waals surface area contributed by atoms with Crippen LogP contribution in [0.15, 0.2) is 18.2 Å². The number of hydrogen-bond donors (Lipinski definition) is 0. The van der Waals surface area contributed by atoms with E-state index in [0.29, 0.717) is 11.5 Å². The lowest BCUT2D eigenvalue weighted by Crippen LogP contribution is -2.36. The van der Waals surface area contributed by atoms with Crippen molar-refractivity contribution in [3.63, 3.8) is 0 Å². The van der Waals surface area contributed by atoms with Crippen molar-refractivity contribution < 1.29 is 7.13 Å². The molecule has 0 heterocycles. The molecule has 6 atom stereocenters. The van der Waals surface area contributed by atoms with E-state index in [1.807, 2.05) is 13.0 Å². The Labute approximate surface area is 142 Å². The lowest BCUT2D eigenvalue weighted by molar-refractivity contribution is 0.0661. The molecule has 0 aromatic heterocycles. The number of rotatable bonds is 3. The molecule has 124 valence electrons. The lowest BCUT2D eigenvalue weighted by Gasteiger charge is -2.46. The number of nitriles is 1. The standard InChI is InChI=1S/C21H28FN/c1-3-4-15-5-9-19-14(2)20(10-8-16(19)11-15)17-6-7-18(13-23)21(22)12-17/h6-7,12,14-16,19-20H,3-5,8-11H2,1-2H3/i10D,14D. The second kappa shape index (κ2) is 7.04. The summed E-state index contributed by atoms with van der Waals surface area (Å²) < 4.78 is 31.9. The summed E-state index contributed by atoms with van der Waals surface area (Å²) in [6.45, 7) is 4.18. The van der Waals surface area contributed by atoms with Crippen molar-refractivity contribution in [3.05, 3.63) is 35.1 Å². The van der Waals surface area contributed by atoms with Gasteiger partial charge in [-0.3, -0.25) is 0 Å². The lowest BCUT2D eigenvalue weighted by atomic mass is 9.59. The summed E-state index contributed by atoms with van der Waals surface area (Å²) in [5, 5.41) is 8.93. The SMILES string of the molecule is [2H]C1CC2CC(CCC)CCC2C([2H])(C)C1c1ccc(C#N)c(F)c1. The average molecular weight is 315 g/mol. The van der Waals surface area contributed by atoms with Crippen LogP contribution in [-0.4, -0.2) is 0 Å². The molecule has 2 aliphatic carbocycles. The highest BCUT2D eigenvalue weighted by molar-refractivity contribution is 5.35. The van der Waals surface area contributed by atoms with Crippen LogP contribution in [0.3, 0.4) is 0 Å². The second-order valence-corrected chi connectivity index (χ2v) is 7.38. The Balaban J connectivity index is 1.88. The van der Waals surface area contributed by atoms with Gasteiger partial charge in [-0.25, -0.2) is 4.39 Å². The third-order valence-electron chi connectivity index (χ3n) is 6.01. The largest absolute Gasteiger partial charge is 0.206 e. The van der Waals surface area contributed by atoms with E-state index in [-0.39, 0.29) is 23.8 Å². The summed E-state index contributed by atoms with van der Waals surface area (Å²) >= 11 is 0. The van der Waals surface area contributed by atoms with Gasteiger partial charge in [0, 0.05) is 2.74 Å². The molecule has 23 heavy (non-hydrogen) atoms. The molecule has 2 fully saturated rings. The van der Waals surface area contributed by atoms with Gasteiger partial charge < -0.3 is 0 Å². The van der Waals surface area contributed by atoms with E-state index < -0.39 is 11.7 Å². The molecule has 0 bridgehead atoms. The van der Waals surface area contributed by atoms with Gasteiger partial charge in [0.25, 0.3) is 0 Å². The molecule has 1 aromatic carbocycles. The molecule has 0 amide bonds. The van der Waals surface area contributed by atoms with E-state index >= 15 is 0 Å². The third-order valence-corrected chi connectivity index (χ3v) is 6.01. The van der Waals surface area contributed by atoms with Crippen LogP contribution in [-0.2, 0) is 0 Å². The van der Waals surface area contributed by atoms with Crippen molar-refractivity contribution in [1.29, 1.82) is 5.26 Å². The molecule has 2 aliphatic rings. The second-order valence-electron chi connectivity index (χ2n) is 7.38. The Hall–Kier alpha value is -1.36. The highest BCUT2D eigenvalue weighted by Crippen LogP contribution is 2.51. The fourth-order valence-corrected chi connectivity index (χ4v) is 4.83. The van der Waals surface area contributed by atoms with E-state index in [9.17, 15) is 4.39 Å². The van der Waals surface area contributed by atoms with Crippen molar-refractivity contribution in [2.24, 2.45) is 23.6 Å². The molecule has 6 unspecified atom stereocenters. The fourth-order valence-electron chi connectivity index (χ4n) is 4.83. The number of fused-ring (bicyclic) bond motifs is 1. The Bertz CT molecular complexity index is 666. The van der Waals surface area contributed by atoms with Gasteiger partial charge in [0.05, 0.1) is 5.56 Å². The molecule has 0 spiro atoms. The van der Waals surface area contributed by atoms with Crippen molar-refractivity contribution in [2.75, 3.05) is 0 Å². The van der Waals surface area contributed by atoms with Gasteiger partial charge in [-0.2, -0.15) is 5.26 Å². The number of benzene rings is 1. The van der Waals surface area contributed by atoms with E-state index in [0.717, 1.165) is 25.2 Å². The predicted octanol–water partition coefficient (Wildman–Crippen LogP) is 6.04. The van der Waals surface area contributed by atoms with Crippen LogP contribution >= 0.6 is 0 Å². The van der Waals surface area contributed by atoms with Crippen LogP contribution in [0.5, 0.6) is 0 Å². The van der Waals surface area contributed by atoms with Crippen LogP contribution in [0.25, 0.3) is 0 Å². The van der Waals surface area contributed by atoms with Crippen LogP contribution in [0, 0.1) is 40.8 Å². The predicted molar refractivity (Wildman–Crippen MR) is 91.5 cm³/mol. The molecule has 2 heteroatoms. The number of hydrogen-bond acceptors (Lipinski definition) is 1. The summed E-state index contributed by atoms with van der Waals surface area (Å²) in [7, 11) is 0. The van der Waals surface area contributed by atoms with Crippen LogP contribution in [0.1, 0.15) is 78.6 Å². The maximum atomic E-state index is 14.1. The maximum absolute atomic E-state index is 14.1. The van der Waals surface area contributed by atoms with Crippen molar-refractivity contribution >= 4 is 0 Å². The monoisotopic (exact) mass is 315 g/mol. The first-order valence-corrected chi connectivity index (χ1v) is 9.00. The summed E-state index contributed by atoms with van der Waals surface area (Å²) in [4.78, 5) is 0. The Morgan fingerprint density at radius 1 is 1.39 bits per heavy atom. The average Bonchev–Trinajstić information content (AvgIpc) is 2.54. The number of nitrogens with zero attached hydrogens (tertiary/aromatic N) is 1. The minimum absolute atomic E-state index is 0.0331. The minimum Gasteiger partial charge on any atom is -0.206 e. The van der Waals surface area contributed by atoms with Gasteiger partial charge in [0.15, 0.2) is 0 Å². The summed E-state index contributed by atoms with van der Waals surface area (Å²) in [6, 6.07) is 6.49. The molecular formula is C21H28FN. The van der Waals surface area contributed by atoms with E-state index in [4.69, 9.17) is 8.00 Å². The first-order chi connectivity index (χ1) is 11.9. The van der Waals surface area contributed by atoms with Gasteiger partial charge in [-0.15, -0.1) is 0 Å². The molecule has 3 rings (SSSR count). The highest BCUT2D eigenvalue weighted by Gasteiger charge is 2.40. The highest BCUT2D eigenvalue weighted by atomic mass is 19.1. The molecule has 1 aromatic rings. The zero-order valence-electron chi connectivity index (χ0n) is 16.2. The zero-order chi connectivity index (χ0) is 18.2. The van der Waals surface area contributed by atoms with Crippen LogP contribution in [0.2, 0.25) is 0 Å². The van der Waals surface area contributed by atoms with Gasteiger partial charge in [-0.05, 0) is 72.9 Å². The topological polar surface area (TPSA) is 23.8 Å². The van der Waals surface area contributed by atoms with Gasteiger partial charge >= 0.3 is 0 Å². The first-order valence-electron chi connectivity index (χ1n) is 10.1. The zero-order valence-corrected chi connectivity index (χ0v) is 14.2. The van der Waals surface area contributed by atoms with Crippen molar-refractivity contribution in [1.82, 2.24) is 0 Å². The van der Waals surface area contributed by atoms with E-state index in [1.165, 1.54) is 31.4 Å². The minimum atomic E-state index is -0.757. The number of halogens is 1. The van der Waals surface area contributed by atoms with Gasteiger partial charge in [0.2, 0.25) is 0 Å². The molecule has 0 saturated heterocycles. The van der Waals surface area contributed by atoms with Crippen molar-refractivity contribution in [3.8, 4) is 6.07 Å². The fraction of sp³-hybridized carbons (Fsp3) is 0.667. The molecule has 0 N–H and O–H groups in total. The quantitative estimate of drug-likeness (QED) is 0.666. The van der Waals surface area contributed by atoms with Crippen molar-refractivity contribution in [2.45, 2.75) is 64.7 Å². The first kappa shape index (κ1) is 14.0. The normalized spacial score (nSPS) is 41.4. The van der Waals surface area contributed by atoms with Crippen LogP contribution < -0.4 is 0 Å². The Morgan fingerprint density at radius 2 is 2.22 bits per heavy atom. The van der Waals surface area contributed by atoms with E-state index in [1.54, 1.807) is 6.07 Å². The third kappa shape index (κ3) is 3.30. The van der Waals surface area contributed by atoms with E-state index in [2.05, 4.69) is 6.92 Å². The smallest absolute Gasteiger partial charge is 0.141 e.